The number of rotatable bonds is 4. The van der Waals surface area contributed by atoms with Crippen molar-refractivity contribution in [2.45, 2.75) is 0 Å². The summed E-state index contributed by atoms with van der Waals surface area (Å²) in [5, 5.41) is 21.9. The molecule has 246 valence electrons. The SMILES string of the molecule is N#Cc1cccc(-c2ccc(-n3c4ccc(F)cc4c4cc(F)ccc43)c(-c3cccc(C#N)c3)c2-n2c3ccc(F)cc3c3cc(F)ccc32)c1. The molecule has 0 atom stereocenters. The average molecular weight is 683 g/mol. The number of hydrogen-bond acceptors (Lipinski definition) is 2. The Labute approximate surface area is 293 Å². The van der Waals surface area contributed by atoms with Crippen molar-refractivity contribution >= 4 is 43.6 Å². The van der Waals surface area contributed by atoms with Crippen molar-refractivity contribution in [2.24, 2.45) is 0 Å². The van der Waals surface area contributed by atoms with Crippen LogP contribution in [0.4, 0.5) is 17.6 Å². The van der Waals surface area contributed by atoms with Crippen LogP contribution in [0.1, 0.15) is 11.1 Å². The third kappa shape index (κ3) is 4.74. The summed E-state index contributed by atoms with van der Waals surface area (Å²) >= 11 is 0. The lowest BCUT2D eigenvalue weighted by Crippen LogP contribution is -2.06. The number of hydrogen-bond donors (Lipinski definition) is 0. The fourth-order valence-corrected chi connectivity index (χ4v) is 7.45. The lowest BCUT2D eigenvalue weighted by atomic mass is 9.92. The zero-order valence-electron chi connectivity index (χ0n) is 27.0. The highest BCUT2D eigenvalue weighted by Crippen LogP contribution is 2.46. The Morgan fingerprint density at radius 3 is 1.31 bits per heavy atom. The molecule has 7 aromatic carbocycles. The summed E-state index contributed by atoms with van der Waals surface area (Å²) in [6, 6.07) is 40.0. The molecule has 0 aliphatic rings. The Kier molecular flexibility index (Phi) is 6.96. The van der Waals surface area contributed by atoms with Crippen molar-refractivity contribution in [3.05, 3.63) is 168 Å². The number of nitriles is 2. The Morgan fingerprint density at radius 1 is 0.423 bits per heavy atom. The second-order valence-corrected chi connectivity index (χ2v) is 12.6. The first-order valence-electron chi connectivity index (χ1n) is 16.3. The van der Waals surface area contributed by atoms with Gasteiger partial charge in [0.15, 0.2) is 0 Å². The van der Waals surface area contributed by atoms with E-state index in [0.29, 0.717) is 88.4 Å². The van der Waals surface area contributed by atoms with Gasteiger partial charge in [-0.3, -0.25) is 0 Å². The van der Waals surface area contributed by atoms with E-state index >= 15 is 0 Å². The molecular weight excluding hydrogens is 661 g/mol. The summed E-state index contributed by atoms with van der Waals surface area (Å²) in [5.41, 5.74) is 7.06. The van der Waals surface area contributed by atoms with Gasteiger partial charge in [0.25, 0.3) is 0 Å². The van der Waals surface area contributed by atoms with E-state index in [1.807, 2.05) is 33.4 Å². The number of halogens is 4. The quantitative estimate of drug-likeness (QED) is 0.174. The average Bonchev–Trinajstić information content (AvgIpc) is 3.64. The van der Waals surface area contributed by atoms with Crippen LogP contribution in [-0.2, 0) is 0 Å². The highest BCUT2D eigenvalue weighted by Gasteiger charge is 2.26. The molecule has 9 aromatic rings. The molecule has 0 saturated heterocycles. The van der Waals surface area contributed by atoms with Crippen LogP contribution < -0.4 is 0 Å². The van der Waals surface area contributed by atoms with Crippen LogP contribution in [-0.4, -0.2) is 9.13 Å². The normalized spacial score (nSPS) is 11.4. The summed E-state index contributed by atoms with van der Waals surface area (Å²) in [6.45, 7) is 0. The molecule has 0 aliphatic heterocycles. The summed E-state index contributed by atoms with van der Waals surface area (Å²) in [5.74, 6) is -1.93. The van der Waals surface area contributed by atoms with Gasteiger partial charge < -0.3 is 9.13 Å². The van der Waals surface area contributed by atoms with Gasteiger partial charge in [0.2, 0.25) is 0 Å². The molecule has 0 fully saturated rings. The van der Waals surface area contributed by atoms with E-state index in [-0.39, 0.29) is 0 Å². The van der Waals surface area contributed by atoms with Crippen molar-refractivity contribution in [3.63, 3.8) is 0 Å². The molecule has 0 saturated carbocycles. The van der Waals surface area contributed by atoms with Gasteiger partial charge in [-0.1, -0.05) is 30.3 Å². The Hall–Kier alpha value is -7.16. The molecule has 0 amide bonds. The minimum Gasteiger partial charge on any atom is -0.309 e. The number of aromatic nitrogens is 2. The highest BCUT2D eigenvalue weighted by atomic mass is 19.1. The van der Waals surface area contributed by atoms with Crippen LogP contribution in [0, 0.1) is 45.9 Å². The van der Waals surface area contributed by atoms with Crippen LogP contribution in [0.5, 0.6) is 0 Å². The summed E-state index contributed by atoms with van der Waals surface area (Å²) in [7, 11) is 0. The predicted octanol–water partition coefficient (Wildman–Crippen LogP) is 11.5. The second kappa shape index (κ2) is 11.7. The van der Waals surface area contributed by atoms with Crippen molar-refractivity contribution in [1.82, 2.24) is 9.13 Å². The fourth-order valence-electron chi connectivity index (χ4n) is 7.45. The number of fused-ring (bicyclic) bond motifs is 6. The minimum absolute atomic E-state index is 0.393. The fraction of sp³-hybridized carbons (Fsp3) is 0. The molecule has 0 spiro atoms. The monoisotopic (exact) mass is 682 g/mol. The van der Waals surface area contributed by atoms with Crippen LogP contribution in [0.15, 0.2) is 133 Å². The first-order valence-corrected chi connectivity index (χ1v) is 16.3. The van der Waals surface area contributed by atoms with Crippen LogP contribution >= 0.6 is 0 Å². The van der Waals surface area contributed by atoms with Gasteiger partial charge in [-0.15, -0.1) is 0 Å². The van der Waals surface area contributed by atoms with E-state index in [1.54, 1.807) is 60.7 Å². The predicted molar refractivity (Wildman–Crippen MR) is 195 cm³/mol. The van der Waals surface area contributed by atoms with Gasteiger partial charge in [0.05, 0.1) is 56.7 Å². The van der Waals surface area contributed by atoms with Crippen LogP contribution in [0.3, 0.4) is 0 Å². The van der Waals surface area contributed by atoms with Crippen LogP contribution in [0.2, 0.25) is 0 Å². The number of nitrogens with zero attached hydrogens (tertiary/aromatic N) is 4. The maximum Gasteiger partial charge on any atom is 0.123 e. The molecule has 52 heavy (non-hydrogen) atoms. The lowest BCUT2D eigenvalue weighted by molar-refractivity contribution is 0.628. The molecule has 8 heteroatoms. The topological polar surface area (TPSA) is 57.4 Å². The molecule has 9 rings (SSSR count). The van der Waals surface area contributed by atoms with Gasteiger partial charge >= 0.3 is 0 Å². The molecular formula is C44H22F4N4. The van der Waals surface area contributed by atoms with Gasteiger partial charge in [0.1, 0.15) is 23.3 Å². The molecule has 4 nitrogen and oxygen atoms in total. The molecule has 2 aromatic heterocycles. The first-order chi connectivity index (χ1) is 25.3. The Balaban J connectivity index is 1.55. The molecule has 0 N–H and O–H groups in total. The van der Waals surface area contributed by atoms with Gasteiger partial charge in [-0.05, 0) is 114 Å². The van der Waals surface area contributed by atoms with E-state index in [9.17, 15) is 28.1 Å². The van der Waals surface area contributed by atoms with Gasteiger partial charge in [-0.2, -0.15) is 10.5 Å². The maximum atomic E-state index is 14.9. The molecule has 0 bridgehead atoms. The molecule has 0 unspecified atom stereocenters. The van der Waals surface area contributed by atoms with Crippen LogP contribution in [0.25, 0.3) is 77.2 Å². The summed E-state index contributed by atoms with van der Waals surface area (Å²) < 4.78 is 63.3. The van der Waals surface area contributed by atoms with E-state index in [4.69, 9.17) is 0 Å². The summed E-state index contributed by atoms with van der Waals surface area (Å²) in [4.78, 5) is 0. The molecule has 2 heterocycles. The van der Waals surface area contributed by atoms with Crippen molar-refractivity contribution < 1.29 is 17.6 Å². The van der Waals surface area contributed by atoms with Gasteiger partial charge in [-0.25, -0.2) is 17.6 Å². The van der Waals surface area contributed by atoms with E-state index in [0.717, 1.165) is 0 Å². The Bertz CT molecular complexity index is 2930. The van der Waals surface area contributed by atoms with Gasteiger partial charge in [0, 0.05) is 32.7 Å². The lowest BCUT2D eigenvalue weighted by Gasteiger charge is -2.23. The van der Waals surface area contributed by atoms with E-state index in [1.165, 1.54) is 48.5 Å². The maximum absolute atomic E-state index is 14.9. The van der Waals surface area contributed by atoms with E-state index in [2.05, 4.69) is 12.1 Å². The summed E-state index contributed by atoms with van der Waals surface area (Å²) in [6.07, 6.45) is 0. The zero-order chi connectivity index (χ0) is 35.7. The van der Waals surface area contributed by atoms with Crippen molar-refractivity contribution in [3.8, 4) is 45.8 Å². The largest absolute Gasteiger partial charge is 0.309 e. The van der Waals surface area contributed by atoms with Crippen molar-refractivity contribution in [1.29, 1.82) is 10.5 Å². The van der Waals surface area contributed by atoms with E-state index < -0.39 is 23.3 Å². The Morgan fingerprint density at radius 2 is 0.846 bits per heavy atom. The molecule has 0 radical (unpaired) electrons. The third-order valence-corrected chi connectivity index (χ3v) is 9.58. The molecule has 0 aliphatic carbocycles. The smallest absolute Gasteiger partial charge is 0.123 e. The third-order valence-electron chi connectivity index (χ3n) is 9.58. The first kappa shape index (κ1) is 30.9. The zero-order valence-corrected chi connectivity index (χ0v) is 27.0. The minimum atomic E-state index is -0.488. The number of benzene rings is 7. The highest BCUT2D eigenvalue weighted by molar-refractivity contribution is 6.13. The van der Waals surface area contributed by atoms with Crippen molar-refractivity contribution in [2.75, 3.05) is 0 Å². The standard InChI is InChI=1S/C44H22F4N4/c45-29-7-12-38-34(19-29)35-20-30(46)8-13-39(35)51(38)42-16-11-33(27-5-1-3-25(17-27)23-49)44(43(42)28-6-2-4-26(18-28)24-50)52-40-14-9-31(47)21-36(40)37-22-32(48)10-15-41(37)52/h1-22H. The second-order valence-electron chi connectivity index (χ2n) is 12.6.